The number of anilines is 2. The molecule has 0 atom stereocenters. The van der Waals surface area contributed by atoms with Crippen molar-refractivity contribution in [2.45, 2.75) is 6.92 Å². The molecule has 0 aliphatic heterocycles. The lowest BCUT2D eigenvalue weighted by Gasteiger charge is -2.09. The Kier molecular flexibility index (Phi) is 4.73. The Labute approximate surface area is 112 Å². The van der Waals surface area contributed by atoms with Gasteiger partial charge in [-0.2, -0.15) is 8.42 Å². The molecule has 0 bridgehead atoms. The van der Waals surface area contributed by atoms with Gasteiger partial charge in [-0.25, -0.2) is 19.2 Å². The maximum Gasteiger partial charge on any atom is 0.422 e. The van der Waals surface area contributed by atoms with Crippen molar-refractivity contribution in [2.24, 2.45) is 0 Å². The van der Waals surface area contributed by atoms with Crippen molar-refractivity contribution in [1.82, 2.24) is 9.71 Å². The molecule has 0 aliphatic rings. The number of hydrogen-bond donors (Lipinski definition) is 3. The summed E-state index contributed by atoms with van der Waals surface area (Å²) in [5.41, 5.74) is 5.82. The highest BCUT2D eigenvalue weighted by Crippen LogP contribution is 2.22. The number of aromatic nitrogens is 1. The molecule has 1 amide bonds. The fraction of sp³-hybridized carbons (Fsp3) is 0.250. The zero-order valence-electron chi connectivity index (χ0n) is 9.31. The van der Waals surface area contributed by atoms with E-state index in [2.05, 4.69) is 25.7 Å². The molecular formula is C8H11BrN4O4S. The highest BCUT2D eigenvalue weighted by molar-refractivity contribution is 9.10. The number of carbonyl (C=O) groups is 1. The largest absolute Gasteiger partial charge is 0.449 e. The fourth-order valence-corrected chi connectivity index (χ4v) is 2.29. The Bertz CT molecular complexity index is 548. The van der Waals surface area contributed by atoms with Gasteiger partial charge in [-0.15, -0.1) is 0 Å². The van der Waals surface area contributed by atoms with Crippen molar-refractivity contribution in [3.05, 3.63) is 16.7 Å². The van der Waals surface area contributed by atoms with Crippen LogP contribution in [-0.2, 0) is 14.9 Å². The minimum atomic E-state index is -4.10. The molecule has 0 saturated carbocycles. The fourth-order valence-electron chi connectivity index (χ4n) is 0.951. The second-order valence-electron chi connectivity index (χ2n) is 3.03. The number of halogens is 1. The van der Waals surface area contributed by atoms with Crippen LogP contribution >= 0.6 is 15.9 Å². The van der Waals surface area contributed by atoms with Gasteiger partial charge in [0.05, 0.1) is 23.0 Å². The molecule has 1 heterocycles. The molecule has 0 unspecified atom stereocenters. The monoisotopic (exact) mass is 338 g/mol. The zero-order valence-corrected chi connectivity index (χ0v) is 11.7. The van der Waals surface area contributed by atoms with E-state index in [1.807, 2.05) is 4.72 Å². The first-order valence-electron chi connectivity index (χ1n) is 4.72. The van der Waals surface area contributed by atoms with E-state index in [4.69, 9.17) is 5.73 Å². The van der Waals surface area contributed by atoms with Gasteiger partial charge in [-0.1, -0.05) is 0 Å². The van der Waals surface area contributed by atoms with Crippen molar-refractivity contribution >= 4 is 43.7 Å². The molecule has 1 aromatic rings. The van der Waals surface area contributed by atoms with Crippen LogP contribution in [0.4, 0.5) is 16.3 Å². The number of hydrogen-bond acceptors (Lipinski definition) is 6. The molecule has 0 aromatic carbocycles. The van der Waals surface area contributed by atoms with E-state index in [9.17, 15) is 13.2 Å². The van der Waals surface area contributed by atoms with Crippen molar-refractivity contribution < 1.29 is 17.9 Å². The SMILES string of the molecule is CCOC(=O)NS(=O)(=O)Nc1ncc(N)cc1Br. The van der Waals surface area contributed by atoms with E-state index >= 15 is 0 Å². The first-order chi connectivity index (χ1) is 8.34. The van der Waals surface area contributed by atoms with Crippen LogP contribution in [0.3, 0.4) is 0 Å². The lowest BCUT2D eigenvalue weighted by Crippen LogP contribution is -2.36. The number of nitrogens with one attached hydrogen (secondary N) is 2. The van der Waals surface area contributed by atoms with Gasteiger partial charge in [0.1, 0.15) is 0 Å². The first kappa shape index (κ1) is 14.5. The summed E-state index contributed by atoms with van der Waals surface area (Å²) >= 11 is 3.08. The standard InChI is InChI=1S/C8H11BrN4O4S/c1-2-17-8(14)13-18(15,16)12-7-6(9)3-5(10)4-11-7/h3-4H,2,10H2,1H3,(H,11,12)(H,13,14). The Balaban J connectivity index is 2.79. The van der Waals surface area contributed by atoms with Crippen molar-refractivity contribution in [3.63, 3.8) is 0 Å². The number of nitrogens with zero attached hydrogens (tertiary/aromatic N) is 1. The van der Waals surface area contributed by atoms with E-state index in [1.165, 1.54) is 12.3 Å². The molecule has 18 heavy (non-hydrogen) atoms. The molecule has 1 aromatic heterocycles. The Morgan fingerprint density at radius 3 is 2.83 bits per heavy atom. The quantitative estimate of drug-likeness (QED) is 0.746. The van der Waals surface area contributed by atoms with Crippen molar-refractivity contribution in [2.75, 3.05) is 17.1 Å². The number of carbonyl (C=O) groups excluding carboxylic acids is 1. The number of pyridine rings is 1. The molecule has 100 valence electrons. The molecule has 1 rings (SSSR count). The van der Waals surface area contributed by atoms with Crippen LogP contribution in [0.5, 0.6) is 0 Å². The van der Waals surface area contributed by atoms with Crippen LogP contribution in [0, 0.1) is 0 Å². The summed E-state index contributed by atoms with van der Waals surface area (Å²) < 4.78 is 31.5. The summed E-state index contributed by atoms with van der Waals surface area (Å²) in [5.74, 6) is 0.000925. The number of amides is 1. The predicted octanol–water partition coefficient (Wildman–Crippen LogP) is 0.829. The van der Waals surface area contributed by atoms with Gasteiger partial charge < -0.3 is 10.5 Å². The van der Waals surface area contributed by atoms with Gasteiger partial charge in [0, 0.05) is 0 Å². The minimum absolute atomic E-state index is 0.000925. The molecule has 8 nitrogen and oxygen atoms in total. The number of rotatable bonds is 4. The van der Waals surface area contributed by atoms with Crippen molar-refractivity contribution in [3.8, 4) is 0 Å². The van der Waals surface area contributed by atoms with Crippen LogP contribution in [-0.4, -0.2) is 26.1 Å². The van der Waals surface area contributed by atoms with Gasteiger partial charge in [0.15, 0.2) is 5.82 Å². The normalized spacial score (nSPS) is 10.8. The Hall–Kier alpha value is -1.55. The highest BCUT2D eigenvalue weighted by atomic mass is 79.9. The molecule has 10 heteroatoms. The summed E-state index contributed by atoms with van der Waals surface area (Å²) in [5, 5.41) is 0. The van der Waals surface area contributed by atoms with Crippen LogP contribution in [0.2, 0.25) is 0 Å². The third-order valence-corrected chi connectivity index (χ3v) is 3.09. The van der Waals surface area contributed by atoms with E-state index in [-0.39, 0.29) is 12.4 Å². The third-order valence-electron chi connectivity index (χ3n) is 1.59. The molecule has 4 N–H and O–H groups in total. The summed E-state index contributed by atoms with van der Waals surface area (Å²) in [6.07, 6.45) is 0.198. The maximum atomic E-state index is 11.5. The summed E-state index contributed by atoms with van der Waals surface area (Å²) in [6.45, 7) is 1.61. The number of ether oxygens (including phenoxy) is 1. The topological polar surface area (TPSA) is 123 Å². The van der Waals surface area contributed by atoms with E-state index in [0.717, 1.165) is 0 Å². The molecule has 0 spiro atoms. The van der Waals surface area contributed by atoms with Gasteiger partial charge >= 0.3 is 16.3 Å². The van der Waals surface area contributed by atoms with Gasteiger partial charge in [-0.05, 0) is 28.9 Å². The third kappa shape index (κ3) is 4.37. The minimum Gasteiger partial charge on any atom is -0.449 e. The summed E-state index contributed by atoms with van der Waals surface area (Å²) in [7, 11) is -4.10. The molecular weight excluding hydrogens is 328 g/mol. The molecule has 0 aliphatic carbocycles. The average Bonchev–Trinajstić information content (AvgIpc) is 2.21. The van der Waals surface area contributed by atoms with Crippen molar-refractivity contribution in [1.29, 1.82) is 0 Å². The van der Waals surface area contributed by atoms with E-state index in [0.29, 0.717) is 10.2 Å². The molecule has 0 fully saturated rings. The number of nitrogen functional groups attached to an aromatic ring is 1. The smallest absolute Gasteiger partial charge is 0.422 e. The second-order valence-corrected chi connectivity index (χ2v) is 5.30. The van der Waals surface area contributed by atoms with Crippen LogP contribution in [0.25, 0.3) is 0 Å². The Morgan fingerprint density at radius 2 is 2.28 bits per heavy atom. The summed E-state index contributed by atoms with van der Waals surface area (Å²) in [4.78, 5) is 14.7. The van der Waals surface area contributed by atoms with Crippen LogP contribution in [0.15, 0.2) is 16.7 Å². The number of nitrogens with two attached hydrogens (primary N) is 1. The predicted molar refractivity (Wildman–Crippen MR) is 69.0 cm³/mol. The van der Waals surface area contributed by atoms with Gasteiger partial charge in [0.2, 0.25) is 0 Å². The highest BCUT2D eigenvalue weighted by Gasteiger charge is 2.17. The van der Waals surface area contributed by atoms with Crippen LogP contribution in [0.1, 0.15) is 6.92 Å². The van der Waals surface area contributed by atoms with Gasteiger partial charge in [0.25, 0.3) is 0 Å². The first-order valence-corrected chi connectivity index (χ1v) is 7.00. The van der Waals surface area contributed by atoms with E-state index < -0.39 is 16.3 Å². The zero-order chi connectivity index (χ0) is 13.8. The molecule has 0 saturated heterocycles. The maximum absolute atomic E-state index is 11.5. The van der Waals surface area contributed by atoms with Gasteiger partial charge in [-0.3, -0.25) is 0 Å². The second kappa shape index (κ2) is 5.87. The van der Waals surface area contributed by atoms with Crippen LogP contribution < -0.4 is 15.2 Å². The lowest BCUT2D eigenvalue weighted by atomic mass is 10.4. The Morgan fingerprint density at radius 1 is 1.61 bits per heavy atom. The summed E-state index contributed by atoms with van der Waals surface area (Å²) in [6, 6.07) is 1.47. The van der Waals surface area contributed by atoms with E-state index in [1.54, 1.807) is 11.6 Å². The average molecular weight is 339 g/mol. The lowest BCUT2D eigenvalue weighted by molar-refractivity contribution is 0.159. The molecule has 0 radical (unpaired) electrons.